The van der Waals surface area contributed by atoms with Crippen molar-refractivity contribution in [1.29, 1.82) is 0 Å². The fourth-order valence-electron chi connectivity index (χ4n) is 2.78. The normalized spacial score (nSPS) is 20.0. The molecule has 2 aromatic rings. The maximum atomic E-state index is 13.3. The van der Waals surface area contributed by atoms with E-state index in [0.29, 0.717) is 16.7 Å². The van der Waals surface area contributed by atoms with E-state index in [9.17, 15) is 18.7 Å². The number of aliphatic hydroxyl groups is 1. The first kappa shape index (κ1) is 16.4. The second-order valence-corrected chi connectivity index (χ2v) is 5.64. The minimum atomic E-state index is -1.03. The molecule has 6 nitrogen and oxygen atoms in total. The number of benzene rings is 1. The summed E-state index contributed by atoms with van der Waals surface area (Å²) in [5.74, 6) is -3.26. The number of nitrogens with zero attached hydrogens (tertiary/aromatic N) is 2. The maximum absolute atomic E-state index is 13.3. The number of carbonyl (C=O) groups is 1. The van der Waals surface area contributed by atoms with E-state index in [0.717, 1.165) is 12.1 Å². The lowest BCUT2D eigenvalue weighted by Gasteiger charge is -2.27. The van der Waals surface area contributed by atoms with E-state index in [1.54, 1.807) is 0 Å². The Hall–Kier alpha value is -2.45. The van der Waals surface area contributed by atoms with Gasteiger partial charge in [0.15, 0.2) is 23.2 Å². The highest BCUT2D eigenvalue weighted by Crippen LogP contribution is 2.28. The molecule has 2 atom stereocenters. The molecule has 0 spiro atoms. The van der Waals surface area contributed by atoms with Gasteiger partial charge in [-0.15, -0.1) is 0 Å². The van der Waals surface area contributed by atoms with E-state index in [1.165, 1.54) is 12.4 Å². The van der Waals surface area contributed by atoms with Gasteiger partial charge in [0.25, 0.3) is 0 Å². The topological polar surface area (TPSA) is 95.3 Å². The van der Waals surface area contributed by atoms with Crippen molar-refractivity contribution in [2.75, 3.05) is 6.54 Å². The van der Waals surface area contributed by atoms with Crippen LogP contribution < -0.4 is 5.32 Å². The number of aromatic nitrogens is 2. The molecular formula is C16H15F2N3O3. The largest absolute Gasteiger partial charge is 0.503 e. The Morgan fingerprint density at radius 1 is 1.21 bits per heavy atom. The van der Waals surface area contributed by atoms with Crippen molar-refractivity contribution in [3.63, 3.8) is 0 Å². The van der Waals surface area contributed by atoms with Crippen molar-refractivity contribution in [2.24, 2.45) is 0 Å². The third-order valence-corrected chi connectivity index (χ3v) is 4.04. The lowest BCUT2D eigenvalue weighted by molar-refractivity contribution is 0.0820. The number of carbonyl (C=O) groups excluding carboxylic acids is 1. The monoisotopic (exact) mass is 335 g/mol. The van der Waals surface area contributed by atoms with Gasteiger partial charge in [-0.1, -0.05) is 0 Å². The number of phenolic OH excluding ortho intramolecular Hbond substituents is 1. The number of Topliss-reactive ketones (excluding diaryl/α,β-unsaturated/α-hetero) is 1. The molecule has 0 amide bonds. The zero-order valence-electron chi connectivity index (χ0n) is 12.5. The average Bonchev–Trinajstić information content (AvgIpc) is 2.57. The van der Waals surface area contributed by atoms with Gasteiger partial charge >= 0.3 is 0 Å². The fraction of sp³-hybridized carbons (Fsp3) is 0.312. The van der Waals surface area contributed by atoms with E-state index in [1.807, 2.05) is 0 Å². The fourth-order valence-corrected chi connectivity index (χ4v) is 2.78. The molecule has 8 heteroatoms. The van der Waals surface area contributed by atoms with Gasteiger partial charge in [-0.05, 0) is 30.7 Å². The van der Waals surface area contributed by atoms with Gasteiger partial charge < -0.3 is 15.5 Å². The molecule has 0 aliphatic heterocycles. The number of aliphatic hydroxyl groups excluding tert-OH is 1. The standard InChI is InChI=1S/C16H15F2N3O3/c17-11-3-8(4-12(18)16(11)24)1-2-19-13-5-14(22)9-6-20-21-7-10(9)15(13)23/h3-4,6-7,13-14,19,22,24H,1-2,5H2. The molecule has 0 radical (unpaired) electrons. The SMILES string of the molecule is O=C1c2cnncc2C(O)CC1NCCc1cc(F)c(O)c(F)c1. The van der Waals surface area contributed by atoms with Gasteiger partial charge in [-0.3, -0.25) is 4.79 Å². The number of phenols is 1. The van der Waals surface area contributed by atoms with Crippen LogP contribution in [0.1, 0.15) is 34.0 Å². The van der Waals surface area contributed by atoms with E-state index in [-0.39, 0.29) is 25.2 Å². The highest BCUT2D eigenvalue weighted by Gasteiger charge is 2.32. The molecule has 3 N–H and O–H groups in total. The Morgan fingerprint density at radius 2 is 1.88 bits per heavy atom. The van der Waals surface area contributed by atoms with Crippen LogP contribution in [0.3, 0.4) is 0 Å². The molecule has 1 aliphatic rings. The van der Waals surface area contributed by atoms with Gasteiger partial charge in [0, 0.05) is 17.5 Å². The Bertz CT molecular complexity index is 762. The summed E-state index contributed by atoms with van der Waals surface area (Å²) < 4.78 is 26.6. The molecule has 0 saturated heterocycles. The molecule has 2 unspecified atom stereocenters. The molecule has 1 aliphatic carbocycles. The quantitative estimate of drug-likeness (QED) is 0.779. The minimum Gasteiger partial charge on any atom is -0.503 e. The number of hydrogen-bond donors (Lipinski definition) is 3. The van der Waals surface area contributed by atoms with Crippen molar-refractivity contribution < 1.29 is 23.8 Å². The summed E-state index contributed by atoms with van der Waals surface area (Å²) in [5, 5.41) is 29.4. The molecule has 0 fully saturated rings. The zero-order valence-corrected chi connectivity index (χ0v) is 12.5. The molecule has 1 aromatic heterocycles. The summed E-state index contributed by atoms with van der Waals surface area (Å²) >= 11 is 0. The predicted octanol–water partition coefficient (Wildman–Crippen LogP) is 1.28. The van der Waals surface area contributed by atoms with Crippen LogP contribution >= 0.6 is 0 Å². The van der Waals surface area contributed by atoms with Gasteiger partial charge in [-0.2, -0.15) is 10.2 Å². The number of ketones is 1. The van der Waals surface area contributed by atoms with Crippen LogP contribution in [0.2, 0.25) is 0 Å². The number of aromatic hydroxyl groups is 1. The number of hydrogen-bond acceptors (Lipinski definition) is 6. The molecule has 1 heterocycles. The van der Waals surface area contributed by atoms with E-state index in [2.05, 4.69) is 15.5 Å². The summed E-state index contributed by atoms with van der Waals surface area (Å²) in [6.07, 6.45) is 2.31. The lowest BCUT2D eigenvalue weighted by Crippen LogP contribution is -2.42. The second-order valence-electron chi connectivity index (χ2n) is 5.64. The third kappa shape index (κ3) is 3.10. The number of fused-ring (bicyclic) bond motifs is 1. The molecule has 126 valence electrons. The van der Waals surface area contributed by atoms with Crippen LogP contribution in [0.25, 0.3) is 0 Å². The molecule has 24 heavy (non-hydrogen) atoms. The Balaban J connectivity index is 1.65. The summed E-state index contributed by atoms with van der Waals surface area (Å²) in [6.45, 7) is 0.278. The van der Waals surface area contributed by atoms with Crippen LogP contribution in [0, 0.1) is 11.6 Å². The lowest BCUT2D eigenvalue weighted by atomic mass is 9.87. The molecular weight excluding hydrogens is 320 g/mol. The highest BCUT2D eigenvalue weighted by atomic mass is 19.1. The van der Waals surface area contributed by atoms with Gasteiger partial charge in [-0.25, -0.2) is 8.78 Å². The molecule has 0 saturated carbocycles. The van der Waals surface area contributed by atoms with Crippen molar-refractivity contribution >= 4 is 5.78 Å². The van der Waals surface area contributed by atoms with Gasteiger partial charge in [0.2, 0.25) is 0 Å². The van der Waals surface area contributed by atoms with Crippen molar-refractivity contribution in [3.05, 3.63) is 52.9 Å². The molecule has 3 rings (SSSR count). The van der Waals surface area contributed by atoms with E-state index in [4.69, 9.17) is 5.11 Å². The summed E-state index contributed by atoms with van der Waals surface area (Å²) in [5.41, 5.74) is 1.13. The van der Waals surface area contributed by atoms with Crippen LogP contribution in [-0.2, 0) is 6.42 Å². The van der Waals surface area contributed by atoms with Crippen molar-refractivity contribution in [1.82, 2.24) is 15.5 Å². The van der Waals surface area contributed by atoms with Crippen molar-refractivity contribution in [2.45, 2.75) is 25.0 Å². The van der Waals surface area contributed by atoms with Crippen molar-refractivity contribution in [3.8, 4) is 5.75 Å². The third-order valence-electron chi connectivity index (χ3n) is 4.04. The summed E-state index contributed by atoms with van der Waals surface area (Å²) in [7, 11) is 0. The molecule has 0 bridgehead atoms. The molecule has 1 aromatic carbocycles. The Kier molecular flexibility index (Phi) is 4.50. The number of halogens is 2. The highest BCUT2D eigenvalue weighted by molar-refractivity contribution is 6.02. The van der Waals surface area contributed by atoms with E-state index < -0.39 is 29.5 Å². The second kappa shape index (κ2) is 6.58. The maximum Gasteiger partial charge on any atom is 0.187 e. The van der Waals surface area contributed by atoms with Gasteiger partial charge in [0.05, 0.1) is 24.5 Å². The first-order valence-electron chi connectivity index (χ1n) is 7.40. The Labute approximate surface area is 136 Å². The van der Waals surface area contributed by atoms with Crippen LogP contribution in [0.5, 0.6) is 5.75 Å². The summed E-state index contributed by atoms with van der Waals surface area (Å²) in [4.78, 5) is 12.4. The van der Waals surface area contributed by atoms with Crippen LogP contribution in [-0.4, -0.2) is 38.8 Å². The van der Waals surface area contributed by atoms with Crippen LogP contribution in [0.4, 0.5) is 8.78 Å². The summed E-state index contributed by atoms with van der Waals surface area (Å²) in [6, 6.07) is 1.48. The number of rotatable bonds is 4. The average molecular weight is 335 g/mol. The van der Waals surface area contributed by atoms with Gasteiger partial charge in [0.1, 0.15) is 0 Å². The Morgan fingerprint density at radius 3 is 2.58 bits per heavy atom. The zero-order chi connectivity index (χ0) is 17.3. The minimum absolute atomic E-state index is 0.190. The number of nitrogens with one attached hydrogen (secondary N) is 1. The predicted molar refractivity (Wildman–Crippen MR) is 79.5 cm³/mol. The first-order chi connectivity index (χ1) is 11.5. The smallest absolute Gasteiger partial charge is 0.187 e. The van der Waals surface area contributed by atoms with Crippen LogP contribution in [0.15, 0.2) is 24.5 Å². The van der Waals surface area contributed by atoms with E-state index >= 15 is 0 Å². The first-order valence-corrected chi connectivity index (χ1v) is 7.40.